The monoisotopic (exact) mass is 315 g/mol. The van der Waals surface area contributed by atoms with Crippen molar-refractivity contribution in [1.29, 1.82) is 0 Å². The van der Waals surface area contributed by atoms with E-state index in [1.165, 1.54) is 24.6 Å². The Bertz CT molecular complexity index is 590. The maximum Gasteiger partial charge on any atom is 0.324 e. The molecule has 116 valence electrons. The smallest absolute Gasteiger partial charge is 0.324 e. The van der Waals surface area contributed by atoms with Gasteiger partial charge in [0.1, 0.15) is 6.04 Å². The van der Waals surface area contributed by atoms with Crippen LogP contribution in [0.25, 0.3) is 0 Å². The number of hydrogen-bond acceptors (Lipinski definition) is 4. The molecule has 0 aliphatic heterocycles. The van der Waals surface area contributed by atoms with Gasteiger partial charge in [-0.25, -0.2) is 4.72 Å². The number of allylic oxidation sites excluding steroid dienone is 5. The molecule has 0 saturated heterocycles. The molecule has 1 aromatic carbocycles. The maximum absolute atomic E-state index is 12.0. The molecule has 0 fully saturated rings. The number of esters is 1. The molecular weight excluding hydrogens is 294 g/mol. The van der Waals surface area contributed by atoms with Crippen molar-refractivity contribution in [2.45, 2.75) is 25.8 Å². The van der Waals surface area contributed by atoms with Crippen LogP contribution in [0.3, 0.4) is 0 Å². The van der Waals surface area contributed by atoms with Gasteiger partial charge >= 0.3 is 5.97 Å². The van der Waals surface area contributed by atoms with Crippen molar-refractivity contribution in [3.63, 3.8) is 0 Å². The summed E-state index contributed by atoms with van der Waals surface area (Å²) in [6.07, 6.45) is 9.97. The van der Waals surface area contributed by atoms with Crippen LogP contribution in [0.2, 0.25) is 0 Å². The number of rotatable bonds is 6. The Kier molecular flexibility index (Phi) is 6.49. The number of hydrogen-bond donors (Lipinski definition) is 1. The summed E-state index contributed by atoms with van der Waals surface area (Å²) in [6.45, 7) is 2.08. The number of nitrogens with one attached hydrogen (secondary N) is 1. The van der Waals surface area contributed by atoms with E-state index in [1.54, 1.807) is 0 Å². The van der Waals surface area contributed by atoms with Crippen LogP contribution in [0.1, 0.15) is 18.9 Å². The van der Waals surface area contributed by atoms with E-state index in [1.807, 2.05) is 30.3 Å². The fraction of sp³-hybridized carbons (Fsp3) is 0.278. The summed E-state index contributed by atoms with van der Waals surface area (Å²) >= 11 is 1.47. The Labute approximate surface area is 136 Å². The van der Waals surface area contributed by atoms with Gasteiger partial charge in [-0.2, -0.15) is 0 Å². The standard InChI is InChI=1S/C18H21NO2S/c1-14-7-6-10-16(12-11-14)22-19-17(18(20)21-2)13-15-8-4-3-5-9-15/h3-5,7-12,17,19H,6,13H2,1-2H3/t17-/m0/s1. The zero-order valence-corrected chi connectivity index (χ0v) is 13.7. The Morgan fingerprint density at radius 1 is 1.27 bits per heavy atom. The van der Waals surface area contributed by atoms with E-state index >= 15 is 0 Å². The zero-order chi connectivity index (χ0) is 15.8. The number of benzene rings is 1. The van der Waals surface area contributed by atoms with Crippen molar-refractivity contribution < 1.29 is 9.53 Å². The number of ether oxygens (including phenoxy) is 1. The van der Waals surface area contributed by atoms with Gasteiger partial charge in [0.25, 0.3) is 0 Å². The van der Waals surface area contributed by atoms with Gasteiger partial charge in [0, 0.05) is 4.91 Å². The van der Waals surface area contributed by atoms with Gasteiger partial charge in [-0.3, -0.25) is 4.79 Å². The summed E-state index contributed by atoms with van der Waals surface area (Å²) in [5.74, 6) is -0.246. The normalized spacial score (nSPS) is 15.5. The fourth-order valence-corrected chi connectivity index (χ4v) is 2.86. The average Bonchev–Trinajstić information content (AvgIpc) is 2.76. The second-order valence-electron chi connectivity index (χ2n) is 5.11. The molecule has 2 rings (SSSR count). The van der Waals surface area contributed by atoms with Gasteiger partial charge in [-0.15, -0.1) is 0 Å². The highest BCUT2D eigenvalue weighted by molar-refractivity contribution is 8.01. The molecule has 0 radical (unpaired) electrons. The third kappa shape index (κ3) is 5.20. The Balaban J connectivity index is 1.97. The van der Waals surface area contributed by atoms with Gasteiger partial charge in [0.05, 0.1) is 7.11 Å². The third-order valence-electron chi connectivity index (χ3n) is 3.36. The van der Waals surface area contributed by atoms with E-state index in [0.717, 1.165) is 16.9 Å². The van der Waals surface area contributed by atoms with Gasteiger partial charge in [-0.1, -0.05) is 54.1 Å². The molecule has 0 amide bonds. The van der Waals surface area contributed by atoms with Crippen LogP contribution in [0.15, 0.2) is 65.1 Å². The van der Waals surface area contributed by atoms with Gasteiger partial charge in [0.15, 0.2) is 0 Å². The van der Waals surface area contributed by atoms with Crippen LogP contribution in [-0.4, -0.2) is 19.1 Å². The lowest BCUT2D eigenvalue weighted by Gasteiger charge is -2.16. The first kappa shape index (κ1) is 16.6. The minimum Gasteiger partial charge on any atom is -0.468 e. The molecule has 0 spiro atoms. The molecule has 4 heteroatoms. The Hall–Kier alpha value is -1.78. The van der Waals surface area contributed by atoms with Crippen molar-refractivity contribution in [2.24, 2.45) is 0 Å². The molecule has 0 saturated carbocycles. The van der Waals surface area contributed by atoms with Gasteiger partial charge in [0.2, 0.25) is 0 Å². The fourth-order valence-electron chi connectivity index (χ4n) is 2.09. The number of methoxy groups -OCH3 is 1. The van der Waals surface area contributed by atoms with E-state index in [9.17, 15) is 4.79 Å². The largest absolute Gasteiger partial charge is 0.468 e. The Morgan fingerprint density at radius 2 is 2.05 bits per heavy atom. The van der Waals surface area contributed by atoms with E-state index in [4.69, 9.17) is 4.74 Å². The molecule has 1 atom stereocenters. The van der Waals surface area contributed by atoms with Crippen molar-refractivity contribution in [1.82, 2.24) is 4.72 Å². The van der Waals surface area contributed by atoms with Crippen LogP contribution >= 0.6 is 11.9 Å². The van der Waals surface area contributed by atoms with Gasteiger partial charge in [-0.05, 0) is 43.4 Å². The maximum atomic E-state index is 12.0. The summed E-state index contributed by atoms with van der Waals surface area (Å²) in [7, 11) is 1.42. The molecule has 0 bridgehead atoms. The first-order valence-corrected chi connectivity index (χ1v) is 8.10. The number of carbonyl (C=O) groups excluding carboxylic acids is 1. The highest BCUT2D eigenvalue weighted by Gasteiger charge is 2.19. The summed E-state index contributed by atoms with van der Waals surface area (Å²) < 4.78 is 8.13. The first-order chi connectivity index (χ1) is 10.7. The summed E-state index contributed by atoms with van der Waals surface area (Å²) in [6, 6.07) is 9.57. The molecular formula is C18H21NO2S. The van der Waals surface area contributed by atoms with Crippen LogP contribution in [-0.2, 0) is 16.0 Å². The van der Waals surface area contributed by atoms with Crippen molar-refractivity contribution in [2.75, 3.05) is 7.11 Å². The summed E-state index contributed by atoms with van der Waals surface area (Å²) in [4.78, 5) is 13.1. The number of carbonyl (C=O) groups is 1. The quantitative estimate of drug-likeness (QED) is 0.640. The lowest BCUT2D eigenvalue weighted by Crippen LogP contribution is -2.35. The van der Waals surface area contributed by atoms with E-state index in [2.05, 4.69) is 35.9 Å². The average molecular weight is 315 g/mol. The first-order valence-electron chi connectivity index (χ1n) is 7.28. The van der Waals surface area contributed by atoms with E-state index < -0.39 is 0 Å². The van der Waals surface area contributed by atoms with E-state index in [0.29, 0.717) is 6.42 Å². The molecule has 22 heavy (non-hydrogen) atoms. The van der Waals surface area contributed by atoms with Crippen molar-refractivity contribution in [3.05, 3.63) is 70.7 Å². The molecule has 0 unspecified atom stereocenters. The summed E-state index contributed by atoms with van der Waals surface area (Å²) in [5, 5.41) is 0. The van der Waals surface area contributed by atoms with Crippen LogP contribution in [0.4, 0.5) is 0 Å². The SMILES string of the molecule is COC(=O)[C@H](Cc1ccccc1)NSC1=CCC=C(C)C=C1. The highest BCUT2D eigenvalue weighted by atomic mass is 32.2. The second-order valence-corrected chi connectivity index (χ2v) is 6.02. The molecule has 3 nitrogen and oxygen atoms in total. The molecule has 1 N–H and O–H groups in total. The predicted molar refractivity (Wildman–Crippen MR) is 92.3 cm³/mol. The van der Waals surface area contributed by atoms with Gasteiger partial charge < -0.3 is 4.74 Å². The summed E-state index contributed by atoms with van der Waals surface area (Å²) in [5.41, 5.74) is 2.36. The molecule has 0 heterocycles. The highest BCUT2D eigenvalue weighted by Crippen LogP contribution is 2.20. The second kappa shape index (κ2) is 8.61. The molecule has 1 aromatic rings. The topological polar surface area (TPSA) is 38.3 Å². The molecule has 0 aromatic heterocycles. The molecule has 1 aliphatic rings. The third-order valence-corrected chi connectivity index (χ3v) is 4.30. The zero-order valence-electron chi connectivity index (χ0n) is 12.9. The van der Waals surface area contributed by atoms with Crippen LogP contribution < -0.4 is 4.72 Å². The van der Waals surface area contributed by atoms with Crippen LogP contribution in [0, 0.1) is 0 Å². The predicted octanol–water partition coefficient (Wildman–Crippen LogP) is 3.80. The van der Waals surface area contributed by atoms with Crippen LogP contribution in [0.5, 0.6) is 0 Å². The lowest BCUT2D eigenvalue weighted by molar-refractivity contribution is -0.142. The van der Waals surface area contributed by atoms with Crippen molar-refractivity contribution >= 4 is 17.9 Å². The minimum absolute atomic E-state index is 0.246. The Morgan fingerprint density at radius 3 is 2.77 bits per heavy atom. The lowest BCUT2D eigenvalue weighted by atomic mass is 10.1. The minimum atomic E-state index is -0.371. The van der Waals surface area contributed by atoms with E-state index in [-0.39, 0.29) is 12.0 Å². The van der Waals surface area contributed by atoms with Crippen molar-refractivity contribution in [3.8, 4) is 0 Å². The molecule has 1 aliphatic carbocycles.